The van der Waals surface area contributed by atoms with Crippen LogP contribution in [-0.4, -0.2) is 0 Å². The van der Waals surface area contributed by atoms with Crippen LogP contribution in [0.2, 0.25) is 0 Å². The van der Waals surface area contributed by atoms with E-state index < -0.39 is 0 Å². The summed E-state index contributed by atoms with van der Waals surface area (Å²) >= 11 is 0. The van der Waals surface area contributed by atoms with Gasteiger partial charge in [-0.05, 0) is 179 Å². The second-order valence-corrected chi connectivity index (χ2v) is 22.9. The van der Waals surface area contributed by atoms with Gasteiger partial charge < -0.3 is 0 Å². The van der Waals surface area contributed by atoms with Gasteiger partial charge in [-0.3, -0.25) is 0 Å². The predicted molar refractivity (Wildman–Crippen MR) is 322 cm³/mol. The van der Waals surface area contributed by atoms with E-state index in [4.69, 9.17) is 0 Å². The normalized spacial score (nSPS) is 20.5. The van der Waals surface area contributed by atoms with Crippen LogP contribution in [0.5, 0.6) is 0 Å². The van der Waals surface area contributed by atoms with Gasteiger partial charge in [0.25, 0.3) is 0 Å². The number of hydrogen-bond donors (Lipinski definition) is 0. The van der Waals surface area contributed by atoms with Gasteiger partial charge in [-0.25, -0.2) is 0 Å². The Labute approximate surface area is 445 Å². The Morgan fingerprint density at radius 1 is 0.554 bits per heavy atom. The number of rotatable bonds is 8. The Morgan fingerprint density at radius 2 is 1.22 bits per heavy atom. The van der Waals surface area contributed by atoms with Crippen LogP contribution in [0.1, 0.15) is 142 Å². The maximum absolute atomic E-state index is 4.02. The van der Waals surface area contributed by atoms with E-state index in [-0.39, 0.29) is 16.2 Å². The van der Waals surface area contributed by atoms with Crippen molar-refractivity contribution >= 4 is 11.6 Å². The van der Waals surface area contributed by atoms with Crippen molar-refractivity contribution in [1.82, 2.24) is 0 Å². The zero-order valence-corrected chi connectivity index (χ0v) is 46.0. The minimum atomic E-state index is 0.0255. The van der Waals surface area contributed by atoms with Gasteiger partial charge in [0.15, 0.2) is 0 Å². The summed E-state index contributed by atoms with van der Waals surface area (Å²) in [5.41, 5.74) is 26.2. The average molecular weight is 967 g/mol. The first kappa shape index (κ1) is 51.9. The highest BCUT2D eigenvalue weighted by atomic mass is 14.4. The van der Waals surface area contributed by atoms with Gasteiger partial charge in [-0.15, -0.1) is 0 Å². The van der Waals surface area contributed by atoms with Crippen molar-refractivity contribution in [3.8, 4) is 33.4 Å². The van der Waals surface area contributed by atoms with Crippen molar-refractivity contribution < 1.29 is 0 Å². The molecule has 4 unspecified atom stereocenters. The number of aryl methyl sites for hydroxylation is 3. The number of benzene rings is 7. The van der Waals surface area contributed by atoms with Crippen LogP contribution in [0.25, 0.3) is 45.0 Å². The number of fused-ring (bicyclic) bond motifs is 3. The van der Waals surface area contributed by atoms with Crippen LogP contribution in [-0.2, 0) is 16.2 Å². The van der Waals surface area contributed by atoms with Crippen LogP contribution < -0.4 is 0 Å². The van der Waals surface area contributed by atoms with Crippen molar-refractivity contribution in [2.24, 2.45) is 5.92 Å². The van der Waals surface area contributed by atoms with Crippen LogP contribution in [0.15, 0.2) is 218 Å². The van der Waals surface area contributed by atoms with Crippen LogP contribution in [0.4, 0.5) is 0 Å². The van der Waals surface area contributed by atoms with Crippen LogP contribution in [0, 0.1) is 26.7 Å². The number of hydrogen-bond acceptors (Lipinski definition) is 0. The SMILES string of the molecule is C=Cc1cc(C)ccc1-c1ccc(-c2ccc3c(c2)C(C)(C)c2ccccc2-3)cc1C.CC1=CC=C(c2ccccc2)CC1.CC1=CCC(C)(c2ccc(C(C)C3CC=CCC3(C)c3ccccc3C)cc2)C=C1. The van der Waals surface area contributed by atoms with E-state index in [2.05, 4.69) is 276 Å². The average Bonchev–Trinajstić information content (AvgIpc) is 3.66. The molecule has 74 heavy (non-hydrogen) atoms. The number of allylic oxidation sites excluding steroid dienone is 10. The van der Waals surface area contributed by atoms with E-state index in [1.54, 1.807) is 0 Å². The molecule has 11 rings (SSSR count). The molecule has 0 bridgehead atoms. The minimum Gasteiger partial charge on any atom is -0.0984 e. The summed E-state index contributed by atoms with van der Waals surface area (Å²) in [5, 5.41) is 0. The second-order valence-electron chi connectivity index (χ2n) is 22.9. The fourth-order valence-electron chi connectivity index (χ4n) is 12.5. The Morgan fingerprint density at radius 3 is 1.89 bits per heavy atom. The smallest absolute Gasteiger partial charge is 0.0159 e. The first-order valence-corrected chi connectivity index (χ1v) is 27.3. The maximum atomic E-state index is 4.02. The third-order valence-corrected chi connectivity index (χ3v) is 17.3. The molecule has 0 nitrogen and oxygen atoms in total. The molecule has 7 aromatic rings. The second kappa shape index (κ2) is 21.8. The Hall–Kier alpha value is -7.02. The van der Waals surface area contributed by atoms with E-state index in [1.165, 1.54) is 119 Å². The molecule has 0 aromatic heterocycles. The first-order chi connectivity index (χ1) is 35.6. The topological polar surface area (TPSA) is 0 Å². The highest BCUT2D eigenvalue weighted by Gasteiger charge is 2.41. The molecule has 4 aliphatic carbocycles. The van der Waals surface area contributed by atoms with E-state index in [0.717, 1.165) is 19.3 Å². The molecule has 0 radical (unpaired) electrons. The highest BCUT2D eigenvalue weighted by Crippen LogP contribution is 2.51. The van der Waals surface area contributed by atoms with Gasteiger partial charge in [-0.1, -0.05) is 258 Å². The largest absolute Gasteiger partial charge is 0.0984 e. The molecular formula is C74H78. The van der Waals surface area contributed by atoms with E-state index in [9.17, 15) is 0 Å². The quantitative estimate of drug-likeness (QED) is 0.133. The van der Waals surface area contributed by atoms with Crippen molar-refractivity contribution in [2.75, 3.05) is 0 Å². The molecule has 7 aromatic carbocycles. The third kappa shape index (κ3) is 10.7. The Kier molecular flexibility index (Phi) is 15.3. The molecule has 0 saturated carbocycles. The fourth-order valence-corrected chi connectivity index (χ4v) is 12.5. The summed E-state index contributed by atoms with van der Waals surface area (Å²) in [6.45, 7) is 26.9. The van der Waals surface area contributed by atoms with Crippen LogP contribution in [0.3, 0.4) is 0 Å². The van der Waals surface area contributed by atoms with Gasteiger partial charge in [0, 0.05) is 10.8 Å². The zero-order valence-electron chi connectivity index (χ0n) is 46.0. The molecule has 0 amide bonds. The summed E-state index contributed by atoms with van der Waals surface area (Å²) in [6.07, 6.45) is 24.0. The fraction of sp³-hybridized carbons (Fsp3) is 0.270. The molecule has 0 heterocycles. The third-order valence-electron chi connectivity index (χ3n) is 17.3. The lowest BCUT2D eigenvalue weighted by molar-refractivity contribution is 0.245. The lowest BCUT2D eigenvalue weighted by Gasteiger charge is -2.44. The zero-order chi connectivity index (χ0) is 52.2. The maximum Gasteiger partial charge on any atom is 0.0159 e. The van der Waals surface area contributed by atoms with E-state index in [1.807, 2.05) is 6.08 Å². The predicted octanol–water partition coefficient (Wildman–Crippen LogP) is 20.6. The van der Waals surface area contributed by atoms with Gasteiger partial charge in [-0.2, -0.15) is 0 Å². The Bertz CT molecular complexity index is 3320. The minimum absolute atomic E-state index is 0.0255. The summed E-state index contributed by atoms with van der Waals surface area (Å²) in [5.74, 6) is 1.12. The molecule has 4 aliphatic rings. The molecule has 0 fully saturated rings. The van der Waals surface area contributed by atoms with Crippen molar-refractivity contribution in [3.05, 3.63) is 274 Å². The van der Waals surface area contributed by atoms with Crippen molar-refractivity contribution in [1.29, 1.82) is 0 Å². The van der Waals surface area contributed by atoms with Gasteiger partial charge in [0.2, 0.25) is 0 Å². The lowest BCUT2D eigenvalue weighted by atomic mass is 9.60. The summed E-state index contributed by atoms with van der Waals surface area (Å²) in [7, 11) is 0. The molecule has 0 spiro atoms. The highest BCUT2D eigenvalue weighted by molar-refractivity contribution is 5.85. The summed E-state index contributed by atoms with van der Waals surface area (Å²) in [4.78, 5) is 0. The van der Waals surface area contributed by atoms with Gasteiger partial charge >= 0.3 is 0 Å². The van der Waals surface area contributed by atoms with Crippen LogP contribution >= 0.6 is 0 Å². The van der Waals surface area contributed by atoms with Crippen molar-refractivity contribution in [3.63, 3.8) is 0 Å². The lowest BCUT2D eigenvalue weighted by Crippen LogP contribution is -2.37. The molecule has 4 atom stereocenters. The standard InChI is InChI=1S/C31H28.C30H36.C13H14/c1-6-22-17-20(2)11-14-26(22)25-15-12-23(18-21(25)3)24-13-16-28-27-9-7-8-10-29(27)31(4,5)30(28)19-24;1-22-17-20-29(4,21-18-22)26-15-13-25(14-16-26)24(3)28-12-8-9-19-30(28,5)27-11-7-6-10-23(27)2;1-11-7-9-13(10-8-11)12-5-3-2-4-6-12/h6-19H,1H2,2-5H3;6-11,13-18,20,24,28H,12,19,21H2,1-5H3;2-7,9H,8,10H2,1H3. The summed E-state index contributed by atoms with van der Waals surface area (Å²) in [6, 6.07) is 58.3. The van der Waals surface area contributed by atoms with Crippen molar-refractivity contribution in [2.45, 2.75) is 124 Å². The monoisotopic (exact) mass is 967 g/mol. The summed E-state index contributed by atoms with van der Waals surface area (Å²) < 4.78 is 0. The molecule has 0 aliphatic heterocycles. The van der Waals surface area contributed by atoms with E-state index in [0.29, 0.717) is 11.8 Å². The Balaban J connectivity index is 0.000000147. The van der Waals surface area contributed by atoms with E-state index >= 15 is 0 Å². The van der Waals surface area contributed by atoms with Gasteiger partial charge in [0.1, 0.15) is 0 Å². The molecule has 374 valence electrons. The molecule has 0 N–H and O–H groups in total. The van der Waals surface area contributed by atoms with Gasteiger partial charge in [0.05, 0.1) is 0 Å². The molecule has 0 saturated heterocycles. The molecular weight excluding hydrogens is 889 g/mol. The molecule has 0 heteroatoms. The first-order valence-electron chi connectivity index (χ1n) is 27.3.